The molecule has 1 unspecified atom stereocenters. The summed E-state index contributed by atoms with van der Waals surface area (Å²) in [5.41, 5.74) is 2.67. The molecule has 1 atom stereocenters. The van der Waals surface area contributed by atoms with Gasteiger partial charge in [0.15, 0.2) is 0 Å². The highest BCUT2D eigenvalue weighted by Crippen LogP contribution is 2.18. The van der Waals surface area contributed by atoms with Crippen molar-refractivity contribution in [3.63, 3.8) is 0 Å². The number of hydrogen-bond acceptors (Lipinski definition) is 3. The number of nitrogens with zero attached hydrogens (tertiary/aromatic N) is 3. The average Bonchev–Trinajstić information content (AvgIpc) is 2.59. The van der Waals surface area contributed by atoms with E-state index in [0.29, 0.717) is 12.5 Å². The summed E-state index contributed by atoms with van der Waals surface area (Å²) in [6, 6.07) is 23.8. The molecule has 0 aliphatic carbocycles. The highest BCUT2D eigenvalue weighted by atomic mass is 15.3. The number of nitriles is 1. The molecule has 1 saturated heterocycles. The first-order valence-electron chi connectivity index (χ1n) is 8.26. The normalized spacial score (nSPS) is 19.3. The van der Waals surface area contributed by atoms with Gasteiger partial charge in [-0.2, -0.15) is 5.26 Å². The molecule has 0 N–H and O–H groups in total. The maximum absolute atomic E-state index is 9.18. The second-order valence-corrected chi connectivity index (χ2v) is 6.19. The first-order chi connectivity index (χ1) is 11.3. The van der Waals surface area contributed by atoms with E-state index in [1.54, 1.807) is 0 Å². The highest BCUT2D eigenvalue weighted by Gasteiger charge is 2.26. The summed E-state index contributed by atoms with van der Waals surface area (Å²) in [4.78, 5) is 4.93. The summed E-state index contributed by atoms with van der Waals surface area (Å²) >= 11 is 0. The van der Waals surface area contributed by atoms with Crippen molar-refractivity contribution in [3.05, 3.63) is 71.8 Å². The fourth-order valence-corrected chi connectivity index (χ4v) is 3.27. The molecule has 2 aromatic carbocycles. The third-order valence-corrected chi connectivity index (χ3v) is 4.49. The van der Waals surface area contributed by atoms with Crippen LogP contribution in [-0.2, 0) is 13.1 Å². The molecule has 3 heteroatoms. The summed E-state index contributed by atoms with van der Waals surface area (Å²) in [5, 5.41) is 9.18. The molecule has 23 heavy (non-hydrogen) atoms. The fraction of sp³-hybridized carbons (Fsp3) is 0.350. The van der Waals surface area contributed by atoms with Crippen molar-refractivity contribution in [1.29, 1.82) is 5.26 Å². The molecule has 0 saturated carbocycles. The molecule has 118 valence electrons. The van der Waals surface area contributed by atoms with Crippen molar-refractivity contribution < 1.29 is 0 Å². The molecule has 1 aliphatic rings. The van der Waals surface area contributed by atoms with Crippen LogP contribution in [-0.4, -0.2) is 35.5 Å². The standard InChI is InChI=1S/C20H23N3/c21-12-11-20-17-22(15-18-7-3-1-4-8-18)13-14-23(20)16-19-9-5-2-6-10-19/h1-10,20H,11,13-17H2. The molecule has 0 bridgehead atoms. The summed E-state index contributed by atoms with van der Waals surface area (Å²) in [7, 11) is 0. The van der Waals surface area contributed by atoms with Crippen molar-refractivity contribution in [2.24, 2.45) is 0 Å². The van der Waals surface area contributed by atoms with Crippen LogP contribution in [0.3, 0.4) is 0 Å². The van der Waals surface area contributed by atoms with Gasteiger partial charge >= 0.3 is 0 Å². The van der Waals surface area contributed by atoms with Crippen LogP contribution in [0.2, 0.25) is 0 Å². The van der Waals surface area contributed by atoms with Gasteiger partial charge in [-0.05, 0) is 11.1 Å². The van der Waals surface area contributed by atoms with Gasteiger partial charge in [0.25, 0.3) is 0 Å². The predicted molar refractivity (Wildman–Crippen MR) is 92.6 cm³/mol. The summed E-state index contributed by atoms with van der Waals surface area (Å²) in [5.74, 6) is 0. The quantitative estimate of drug-likeness (QED) is 0.849. The van der Waals surface area contributed by atoms with Gasteiger partial charge in [0.1, 0.15) is 0 Å². The third kappa shape index (κ3) is 4.41. The Morgan fingerprint density at radius 1 is 0.870 bits per heavy atom. The molecule has 0 spiro atoms. The van der Waals surface area contributed by atoms with E-state index in [2.05, 4.69) is 70.5 Å². The minimum Gasteiger partial charge on any atom is -0.296 e. The predicted octanol–water partition coefficient (Wildman–Crippen LogP) is 3.29. The van der Waals surface area contributed by atoms with Crippen molar-refractivity contribution in [3.8, 4) is 6.07 Å². The van der Waals surface area contributed by atoms with Crippen molar-refractivity contribution >= 4 is 0 Å². The first kappa shape index (κ1) is 15.7. The zero-order valence-corrected chi connectivity index (χ0v) is 13.4. The van der Waals surface area contributed by atoms with Crippen LogP contribution in [0.25, 0.3) is 0 Å². The molecule has 1 aliphatic heterocycles. The lowest BCUT2D eigenvalue weighted by atomic mass is 10.1. The Labute approximate surface area is 138 Å². The average molecular weight is 305 g/mol. The number of benzene rings is 2. The molecule has 2 aromatic rings. The van der Waals surface area contributed by atoms with Gasteiger partial charge in [-0.1, -0.05) is 60.7 Å². The van der Waals surface area contributed by atoms with Crippen LogP contribution in [0, 0.1) is 11.3 Å². The van der Waals surface area contributed by atoms with Crippen LogP contribution in [0.15, 0.2) is 60.7 Å². The first-order valence-corrected chi connectivity index (χ1v) is 8.26. The second-order valence-electron chi connectivity index (χ2n) is 6.19. The van der Waals surface area contributed by atoms with Crippen LogP contribution >= 0.6 is 0 Å². The Hall–Kier alpha value is -2.15. The summed E-state index contributed by atoms with van der Waals surface area (Å²) in [6.07, 6.45) is 0.595. The topological polar surface area (TPSA) is 30.3 Å². The smallest absolute Gasteiger partial charge is 0.0638 e. The van der Waals surface area contributed by atoms with Crippen LogP contribution in [0.4, 0.5) is 0 Å². The molecular formula is C20H23N3. The molecule has 0 aromatic heterocycles. The minimum absolute atomic E-state index is 0.317. The van der Waals surface area contributed by atoms with E-state index in [1.807, 2.05) is 6.07 Å². The molecule has 1 heterocycles. The maximum Gasteiger partial charge on any atom is 0.0638 e. The Kier molecular flexibility index (Phi) is 5.42. The highest BCUT2D eigenvalue weighted by molar-refractivity contribution is 5.16. The van der Waals surface area contributed by atoms with E-state index in [9.17, 15) is 5.26 Å². The Morgan fingerprint density at radius 2 is 1.48 bits per heavy atom. The van der Waals surface area contributed by atoms with Crippen molar-refractivity contribution in [1.82, 2.24) is 9.80 Å². The van der Waals surface area contributed by atoms with E-state index in [1.165, 1.54) is 11.1 Å². The van der Waals surface area contributed by atoms with Crippen LogP contribution < -0.4 is 0 Å². The van der Waals surface area contributed by atoms with E-state index < -0.39 is 0 Å². The van der Waals surface area contributed by atoms with Gasteiger partial charge in [-0.15, -0.1) is 0 Å². The number of rotatable bonds is 5. The van der Waals surface area contributed by atoms with Gasteiger partial charge in [0.2, 0.25) is 0 Å². The maximum atomic E-state index is 9.18. The van der Waals surface area contributed by atoms with E-state index in [-0.39, 0.29) is 0 Å². The van der Waals surface area contributed by atoms with Crippen molar-refractivity contribution in [2.45, 2.75) is 25.6 Å². The molecule has 3 nitrogen and oxygen atoms in total. The monoisotopic (exact) mass is 305 g/mol. The van der Waals surface area contributed by atoms with E-state index in [0.717, 1.165) is 32.7 Å². The zero-order chi connectivity index (χ0) is 15.9. The van der Waals surface area contributed by atoms with Crippen LogP contribution in [0.5, 0.6) is 0 Å². The molecule has 0 radical (unpaired) electrons. The minimum atomic E-state index is 0.317. The molecule has 3 rings (SSSR count). The van der Waals surface area contributed by atoms with Crippen LogP contribution in [0.1, 0.15) is 17.5 Å². The molecule has 0 amide bonds. The lowest BCUT2D eigenvalue weighted by Gasteiger charge is -2.40. The largest absolute Gasteiger partial charge is 0.296 e. The van der Waals surface area contributed by atoms with Crippen molar-refractivity contribution in [2.75, 3.05) is 19.6 Å². The van der Waals surface area contributed by atoms with Gasteiger partial charge < -0.3 is 0 Å². The van der Waals surface area contributed by atoms with Gasteiger partial charge in [-0.25, -0.2) is 0 Å². The lowest BCUT2D eigenvalue weighted by molar-refractivity contribution is 0.0662. The number of piperazine rings is 1. The number of hydrogen-bond donors (Lipinski definition) is 0. The van der Waals surface area contributed by atoms with Gasteiger partial charge in [-0.3, -0.25) is 9.80 Å². The van der Waals surface area contributed by atoms with E-state index in [4.69, 9.17) is 0 Å². The van der Waals surface area contributed by atoms with E-state index >= 15 is 0 Å². The fourth-order valence-electron chi connectivity index (χ4n) is 3.27. The molecular weight excluding hydrogens is 282 g/mol. The van der Waals surface area contributed by atoms with Gasteiger partial charge in [0.05, 0.1) is 12.5 Å². The second kappa shape index (κ2) is 7.92. The third-order valence-electron chi connectivity index (χ3n) is 4.49. The Bertz CT molecular complexity index is 633. The Morgan fingerprint density at radius 3 is 2.09 bits per heavy atom. The van der Waals surface area contributed by atoms with Gasteiger partial charge in [0, 0.05) is 38.8 Å². The lowest BCUT2D eigenvalue weighted by Crippen LogP contribution is -2.52. The molecule has 1 fully saturated rings. The Balaban J connectivity index is 1.62. The summed E-state index contributed by atoms with van der Waals surface area (Å²) < 4.78 is 0. The zero-order valence-electron chi connectivity index (χ0n) is 13.4. The summed E-state index contributed by atoms with van der Waals surface area (Å²) in [6.45, 7) is 4.96. The SMILES string of the molecule is N#CCC1CN(Cc2ccccc2)CCN1Cc1ccccc1.